The van der Waals surface area contributed by atoms with Crippen LogP contribution >= 0.6 is 0 Å². The standard InChI is InChI=1S/C19H20N2O3/c22-18(12-5-7-13(8-6-12)19(23)24)9-16-14-3-1-2-4-15(14)17-10-20-11-21(16)17/h1-4,10-13,16H,5-9H2,(H,23,24). The van der Waals surface area contributed by atoms with Gasteiger partial charge < -0.3 is 9.67 Å². The van der Waals surface area contributed by atoms with Crippen molar-refractivity contribution in [2.75, 3.05) is 0 Å². The molecule has 1 fully saturated rings. The Bertz CT molecular complexity index is 787. The molecule has 24 heavy (non-hydrogen) atoms. The van der Waals surface area contributed by atoms with Gasteiger partial charge in [-0.1, -0.05) is 24.3 Å². The molecule has 1 aromatic carbocycles. The number of carboxylic acids is 1. The number of nitrogens with zero attached hydrogens (tertiary/aromatic N) is 2. The molecule has 1 aromatic heterocycles. The highest BCUT2D eigenvalue weighted by molar-refractivity contribution is 5.83. The van der Waals surface area contributed by atoms with Gasteiger partial charge in [0.15, 0.2) is 0 Å². The maximum absolute atomic E-state index is 12.8. The Kier molecular flexibility index (Phi) is 3.71. The van der Waals surface area contributed by atoms with E-state index in [2.05, 4.69) is 21.7 Å². The molecule has 0 saturated heterocycles. The normalized spacial score (nSPS) is 25.1. The zero-order valence-electron chi connectivity index (χ0n) is 13.4. The Balaban J connectivity index is 1.50. The average Bonchev–Trinajstić information content (AvgIpc) is 3.18. The number of fused-ring (bicyclic) bond motifs is 3. The zero-order chi connectivity index (χ0) is 16.7. The molecule has 2 aliphatic rings. The third-order valence-corrected chi connectivity index (χ3v) is 5.52. The van der Waals surface area contributed by atoms with Gasteiger partial charge in [-0.05, 0) is 31.2 Å². The van der Waals surface area contributed by atoms with Gasteiger partial charge >= 0.3 is 5.97 Å². The third kappa shape index (κ3) is 2.44. The van der Waals surface area contributed by atoms with Crippen molar-refractivity contribution in [3.05, 3.63) is 42.4 Å². The van der Waals surface area contributed by atoms with Crippen LogP contribution in [0.1, 0.15) is 43.7 Å². The van der Waals surface area contributed by atoms with Gasteiger partial charge in [0.25, 0.3) is 0 Å². The first kappa shape index (κ1) is 15.1. The molecule has 4 rings (SSSR count). The Hall–Kier alpha value is -2.43. The number of ketones is 1. The highest BCUT2D eigenvalue weighted by Crippen LogP contribution is 2.42. The molecule has 124 valence electrons. The highest BCUT2D eigenvalue weighted by Gasteiger charge is 2.34. The molecule has 5 heteroatoms. The van der Waals surface area contributed by atoms with Gasteiger partial charge in [0, 0.05) is 17.9 Å². The van der Waals surface area contributed by atoms with Crippen molar-refractivity contribution < 1.29 is 14.7 Å². The van der Waals surface area contributed by atoms with Crippen LogP contribution in [0.4, 0.5) is 0 Å². The molecular formula is C19H20N2O3. The minimum atomic E-state index is -0.728. The number of carbonyl (C=O) groups excluding carboxylic acids is 1. The van der Waals surface area contributed by atoms with Gasteiger partial charge in [0.1, 0.15) is 5.78 Å². The monoisotopic (exact) mass is 324 g/mol. The fourth-order valence-electron chi connectivity index (χ4n) is 4.16. The SMILES string of the molecule is O=C(O)C1CCC(C(=O)CC2c3ccccc3-c3cncn32)CC1. The van der Waals surface area contributed by atoms with Crippen LogP contribution < -0.4 is 0 Å². The lowest BCUT2D eigenvalue weighted by molar-refractivity contribution is -0.144. The summed E-state index contributed by atoms with van der Waals surface area (Å²) in [5.74, 6) is -0.754. The second kappa shape index (κ2) is 5.89. The van der Waals surface area contributed by atoms with E-state index in [1.807, 2.05) is 18.3 Å². The van der Waals surface area contributed by atoms with Crippen LogP contribution in [0.15, 0.2) is 36.8 Å². The first-order chi connectivity index (χ1) is 11.6. The number of benzene rings is 1. The lowest BCUT2D eigenvalue weighted by Gasteiger charge is -2.26. The van der Waals surface area contributed by atoms with E-state index in [1.165, 1.54) is 5.56 Å². The van der Waals surface area contributed by atoms with Crippen LogP contribution in [-0.4, -0.2) is 26.4 Å². The van der Waals surface area contributed by atoms with E-state index in [0.717, 1.165) is 11.3 Å². The molecular weight excluding hydrogens is 304 g/mol. The molecule has 2 aromatic rings. The zero-order valence-corrected chi connectivity index (χ0v) is 13.4. The van der Waals surface area contributed by atoms with Gasteiger partial charge in [-0.3, -0.25) is 9.59 Å². The van der Waals surface area contributed by atoms with E-state index < -0.39 is 5.97 Å². The molecule has 0 bridgehead atoms. The summed E-state index contributed by atoms with van der Waals surface area (Å²) < 4.78 is 2.09. The highest BCUT2D eigenvalue weighted by atomic mass is 16.4. The van der Waals surface area contributed by atoms with Crippen molar-refractivity contribution in [2.24, 2.45) is 11.8 Å². The van der Waals surface area contributed by atoms with E-state index in [0.29, 0.717) is 32.1 Å². The van der Waals surface area contributed by atoms with Gasteiger partial charge in [-0.25, -0.2) is 4.98 Å². The summed E-state index contributed by atoms with van der Waals surface area (Å²) in [5, 5.41) is 9.09. The number of carboxylic acid groups (broad SMARTS) is 1. The first-order valence-electron chi connectivity index (χ1n) is 8.52. The summed E-state index contributed by atoms with van der Waals surface area (Å²) in [6.45, 7) is 0. The minimum Gasteiger partial charge on any atom is -0.481 e. The van der Waals surface area contributed by atoms with Gasteiger partial charge in [-0.2, -0.15) is 0 Å². The number of rotatable bonds is 4. The van der Waals surface area contributed by atoms with Crippen molar-refractivity contribution in [3.8, 4) is 11.3 Å². The number of aliphatic carboxylic acids is 1. The lowest BCUT2D eigenvalue weighted by atomic mass is 9.78. The summed E-state index contributed by atoms with van der Waals surface area (Å²) in [6.07, 6.45) is 6.73. The van der Waals surface area contributed by atoms with Gasteiger partial charge in [0.2, 0.25) is 0 Å². The summed E-state index contributed by atoms with van der Waals surface area (Å²) >= 11 is 0. The molecule has 1 N–H and O–H groups in total. The predicted octanol–water partition coefficient (Wildman–Crippen LogP) is 3.30. The molecule has 1 aliphatic heterocycles. The fraction of sp³-hybridized carbons (Fsp3) is 0.421. The van der Waals surface area contributed by atoms with E-state index in [1.54, 1.807) is 6.33 Å². The Morgan fingerprint density at radius 3 is 2.58 bits per heavy atom. The molecule has 1 saturated carbocycles. The number of hydrogen-bond donors (Lipinski definition) is 1. The van der Waals surface area contributed by atoms with Crippen LogP contribution in [0.25, 0.3) is 11.3 Å². The van der Waals surface area contributed by atoms with E-state index >= 15 is 0 Å². The van der Waals surface area contributed by atoms with Crippen LogP contribution in [0.2, 0.25) is 0 Å². The van der Waals surface area contributed by atoms with Crippen LogP contribution in [-0.2, 0) is 9.59 Å². The number of carbonyl (C=O) groups is 2. The molecule has 0 amide bonds. The first-order valence-corrected chi connectivity index (χ1v) is 8.52. The predicted molar refractivity (Wildman–Crippen MR) is 88.5 cm³/mol. The molecule has 2 heterocycles. The number of aromatic nitrogens is 2. The third-order valence-electron chi connectivity index (χ3n) is 5.52. The average molecular weight is 324 g/mol. The van der Waals surface area contributed by atoms with Gasteiger partial charge in [0.05, 0.1) is 30.2 Å². The number of hydrogen-bond acceptors (Lipinski definition) is 3. The van der Waals surface area contributed by atoms with Crippen molar-refractivity contribution in [1.82, 2.24) is 9.55 Å². The molecule has 0 radical (unpaired) electrons. The van der Waals surface area contributed by atoms with Crippen LogP contribution in [0.5, 0.6) is 0 Å². The van der Waals surface area contributed by atoms with Crippen molar-refractivity contribution in [2.45, 2.75) is 38.1 Å². The summed E-state index contributed by atoms with van der Waals surface area (Å²) in [5.41, 5.74) is 3.41. The Morgan fingerprint density at radius 2 is 1.83 bits per heavy atom. The fourth-order valence-corrected chi connectivity index (χ4v) is 4.16. The Morgan fingerprint density at radius 1 is 1.12 bits per heavy atom. The molecule has 0 spiro atoms. The maximum atomic E-state index is 12.8. The maximum Gasteiger partial charge on any atom is 0.306 e. The molecule has 5 nitrogen and oxygen atoms in total. The van der Waals surface area contributed by atoms with E-state index in [-0.39, 0.29) is 23.7 Å². The van der Waals surface area contributed by atoms with Crippen molar-refractivity contribution in [1.29, 1.82) is 0 Å². The largest absolute Gasteiger partial charge is 0.481 e. The quantitative estimate of drug-likeness (QED) is 0.936. The topological polar surface area (TPSA) is 72.2 Å². The van der Waals surface area contributed by atoms with Crippen LogP contribution in [0, 0.1) is 11.8 Å². The molecule has 1 aliphatic carbocycles. The Labute approximate surface area is 140 Å². The van der Waals surface area contributed by atoms with E-state index in [9.17, 15) is 9.59 Å². The number of imidazole rings is 1. The summed E-state index contributed by atoms with van der Waals surface area (Å²) in [7, 11) is 0. The lowest BCUT2D eigenvalue weighted by Crippen LogP contribution is -2.27. The second-order valence-electron chi connectivity index (χ2n) is 6.85. The minimum absolute atomic E-state index is 0.000309. The van der Waals surface area contributed by atoms with E-state index in [4.69, 9.17) is 5.11 Å². The number of Topliss-reactive ketones (excluding diaryl/α,β-unsaturated/α-hetero) is 1. The van der Waals surface area contributed by atoms with Crippen LogP contribution in [0.3, 0.4) is 0 Å². The smallest absolute Gasteiger partial charge is 0.306 e. The van der Waals surface area contributed by atoms with Crippen molar-refractivity contribution in [3.63, 3.8) is 0 Å². The summed E-state index contributed by atoms with van der Waals surface area (Å²) in [4.78, 5) is 28.1. The van der Waals surface area contributed by atoms with Gasteiger partial charge in [-0.15, -0.1) is 0 Å². The van der Waals surface area contributed by atoms with Crippen molar-refractivity contribution >= 4 is 11.8 Å². The molecule has 1 unspecified atom stereocenters. The summed E-state index contributed by atoms with van der Waals surface area (Å²) in [6, 6.07) is 8.19. The molecule has 1 atom stereocenters. The second-order valence-corrected chi connectivity index (χ2v) is 6.85.